The molecule has 0 heterocycles. The van der Waals surface area contributed by atoms with E-state index in [-0.39, 0.29) is 6.61 Å². The number of benzene rings is 2. The predicted molar refractivity (Wildman–Crippen MR) is 93.9 cm³/mol. The predicted octanol–water partition coefficient (Wildman–Crippen LogP) is 2.52. The van der Waals surface area contributed by atoms with Crippen molar-refractivity contribution in [1.82, 2.24) is 0 Å². The van der Waals surface area contributed by atoms with Gasteiger partial charge in [-0.2, -0.15) is 5.26 Å². The van der Waals surface area contributed by atoms with Crippen LogP contribution in [0.4, 0.5) is 5.69 Å². The highest BCUT2D eigenvalue weighted by atomic mass is 16.6. The number of para-hydroxylation sites is 2. The number of amides is 1. The van der Waals surface area contributed by atoms with Crippen LogP contribution in [0.2, 0.25) is 0 Å². The van der Waals surface area contributed by atoms with Crippen molar-refractivity contribution < 1.29 is 23.8 Å². The molecule has 134 valence electrons. The minimum atomic E-state index is -0.683. The van der Waals surface area contributed by atoms with Crippen LogP contribution in [0.5, 0.6) is 11.5 Å². The molecular formula is C19H18N2O5. The van der Waals surface area contributed by atoms with Gasteiger partial charge in [0.25, 0.3) is 5.91 Å². The fraction of sp³-hybridized carbons (Fsp3) is 0.211. The third kappa shape index (κ3) is 5.83. The van der Waals surface area contributed by atoms with Gasteiger partial charge in [0.1, 0.15) is 0 Å². The molecule has 0 bridgehead atoms. The van der Waals surface area contributed by atoms with E-state index in [4.69, 9.17) is 19.5 Å². The van der Waals surface area contributed by atoms with Gasteiger partial charge in [-0.05, 0) is 37.3 Å². The number of nitrogens with zero attached hydrogens (tertiary/aromatic N) is 1. The molecule has 0 atom stereocenters. The summed E-state index contributed by atoms with van der Waals surface area (Å²) < 4.78 is 15.6. The van der Waals surface area contributed by atoms with E-state index < -0.39 is 18.5 Å². The van der Waals surface area contributed by atoms with Crippen LogP contribution in [0.1, 0.15) is 12.5 Å². The number of rotatable bonds is 8. The number of hydrogen-bond acceptors (Lipinski definition) is 6. The topological polar surface area (TPSA) is 97.7 Å². The van der Waals surface area contributed by atoms with E-state index >= 15 is 0 Å². The van der Waals surface area contributed by atoms with Crippen molar-refractivity contribution >= 4 is 17.6 Å². The molecule has 1 amide bonds. The van der Waals surface area contributed by atoms with E-state index in [1.54, 1.807) is 42.5 Å². The van der Waals surface area contributed by atoms with Gasteiger partial charge < -0.3 is 19.5 Å². The lowest BCUT2D eigenvalue weighted by molar-refractivity contribution is -0.149. The number of carbonyl (C=O) groups is 2. The molecule has 0 aliphatic heterocycles. The van der Waals surface area contributed by atoms with Crippen molar-refractivity contribution in [1.29, 1.82) is 5.26 Å². The van der Waals surface area contributed by atoms with E-state index in [2.05, 4.69) is 5.32 Å². The van der Waals surface area contributed by atoms with Gasteiger partial charge in [0.05, 0.1) is 18.2 Å². The molecule has 7 heteroatoms. The molecule has 0 radical (unpaired) electrons. The number of hydrogen-bond donors (Lipinski definition) is 1. The molecule has 0 unspecified atom stereocenters. The summed E-state index contributed by atoms with van der Waals surface area (Å²) in [5.74, 6) is -0.248. The molecule has 0 aliphatic carbocycles. The van der Waals surface area contributed by atoms with Gasteiger partial charge in [0, 0.05) is 5.69 Å². The van der Waals surface area contributed by atoms with Crippen LogP contribution in [0, 0.1) is 11.3 Å². The Labute approximate surface area is 151 Å². The van der Waals surface area contributed by atoms with Crippen LogP contribution in [0.15, 0.2) is 48.5 Å². The second-order valence-corrected chi connectivity index (χ2v) is 5.07. The van der Waals surface area contributed by atoms with Gasteiger partial charge >= 0.3 is 5.97 Å². The summed E-state index contributed by atoms with van der Waals surface area (Å²) in [4.78, 5) is 23.5. The van der Waals surface area contributed by atoms with Gasteiger partial charge in [0.2, 0.25) is 0 Å². The SMILES string of the molecule is CCOc1ccccc1OCC(=O)OCC(=O)Nc1cccc(C#N)c1. The summed E-state index contributed by atoms with van der Waals surface area (Å²) in [5, 5.41) is 11.4. The number of ether oxygens (including phenoxy) is 3. The second-order valence-electron chi connectivity index (χ2n) is 5.07. The Balaban J connectivity index is 1.78. The van der Waals surface area contributed by atoms with Gasteiger partial charge in [-0.25, -0.2) is 4.79 Å². The smallest absolute Gasteiger partial charge is 0.344 e. The first-order valence-corrected chi connectivity index (χ1v) is 7.92. The monoisotopic (exact) mass is 354 g/mol. The Morgan fingerprint density at radius 2 is 1.77 bits per heavy atom. The van der Waals surface area contributed by atoms with E-state index in [9.17, 15) is 9.59 Å². The van der Waals surface area contributed by atoms with E-state index in [1.165, 1.54) is 6.07 Å². The number of nitriles is 1. The van der Waals surface area contributed by atoms with Gasteiger partial charge in [-0.1, -0.05) is 18.2 Å². The highest BCUT2D eigenvalue weighted by Gasteiger charge is 2.11. The van der Waals surface area contributed by atoms with E-state index in [1.807, 2.05) is 13.0 Å². The molecule has 0 saturated heterocycles. The van der Waals surface area contributed by atoms with Crippen molar-refractivity contribution in [3.05, 3.63) is 54.1 Å². The maximum Gasteiger partial charge on any atom is 0.344 e. The molecule has 1 N–H and O–H groups in total. The lowest BCUT2D eigenvalue weighted by Gasteiger charge is -2.11. The van der Waals surface area contributed by atoms with Crippen molar-refractivity contribution in [3.63, 3.8) is 0 Å². The van der Waals surface area contributed by atoms with Crippen LogP contribution in [0.3, 0.4) is 0 Å². The zero-order chi connectivity index (χ0) is 18.8. The molecule has 2 rings (SSSR count). The lowest BCUT2D eigenvalue weighted by Crippen LogP contribution is -2.23. The molecule has 7 nitrogen and oxygen atoms in total. The average Bonchev–Trinajstić information content (AvgIpc) is 2.66. The first-order chi connectivity index (χ1) is 12.6. The Hall–Kier alpha value is -3.53. The highest BCUT2D eigenvalue weighted by molar-refractivity contribution is 5.93. The summed E-state index contributed by atoms with van der Waals surface area (Å²) in [5.41, 5.74) is 0.869. The molecule has 2 aromatic carbocycles. The van der Waals surface area contributed by atoms with Crippen molar-refractivity contribution in [3.8, 4) is 17.6 Å². The number of anilines is 1. The Bertz CT molecular complexity index is 814. The van der Waals surface area contributed by atoms with Crippen molar-refractivity contribution in [2.24, 2.45) is 0 Å². The van der Waals surface area contributed by atoms with Gasteiger partial charge in [0.15, 0.2) is 24.7 Å². The Kier molecular flexibility index (Phi) is 7.01. The number of nitrogens with one attached hydrogen (secondary N) is 1. The maximum atomic E-state index is 11.8. The number of carbonyl (C=O) groups excluding carboxylic acids is 2. The largest absolute Gasteiger partial charge is 0.490 e. The maximum absolute atomic E-state index is 11.8. The van der Waals surface area contributed by atoms with Crippen LogP contribution >= 0.6 is 0 Å². The van der Waals surface area contributed by atoms with E-state index in [0.29, 0.717) is 29.4 Å². The Morgan fingerprint density at radius 1 is 1.04 bits per heavy atom. The van der Waals surface area contributed by atoms with Crippen LogP contribution in [0.25, 0.3) is 0 Å². The molecule has 0 fully saturated rings. The number of esters is 1. The first kappa shape index (κ1) is 18.8. The minimum Gasteiger partial charge on any atom is -0.490 e. The van der Waals surface area contributed by atoms with Crippen LogP contribution in [-0.4, -0.2) is 31.7 Å². The molecule has 0 saturated carbocycles. The summed E-state index contributed by atoms with van der Waals surface area (Å²) in [6.07, 6.45) is 0. The van der Waals surface area contributed by atoms with Crippen molar-refractivity contribution in [2.45, 2.75) is 6.92 Å². The normalized spacial score (nSPS) is 9.69. The highest BCUT2D eigenvalue weighted by Crippen LogP contribution is 2.26. The first-order valence-electron chi connectivity index (χ1n) is 7.92. The Morgan fingerprint density at radius 3 is 2.46 bits per heavy atom. The second kappa shape index (κ2) is 9.69. The molecule has 0 aliphatic rings. The molecule has 26 heavy (non-hydrogen) atoms. The molecule has 0 spiro atoms. The lowest BCUT2D eigenvalue weighted by atomic mass is 10.2. The van der Waals surface area contributed by atoms with Gasteiger partial charge in [-0.3, -0.25) is 4.79 Å². The third-order valence-electron chi connectivity index (χ3n) is 3.13. The summed E-state index contributed by atoms with van der Waals surface area (Å²) >= 11 is 0. The average molecular weight is 354 g/mol. The third-order valence-corrected chi connectivity index (χ3v) is 3.13. The fourth-order valence-corrected chi connectivity index (χ4v) is 2.03. The van der Waals surface area contributed by atoms with E-state index in [0.717, 1.165) is 0 Å². The summed E-state index contributed by atoms with van der Waals surface area (Å²) in [7, 11) is 0. The summed E-state index contributed by atoms with van der Waals surface area (Å²) in [6.45, 7) is 1.52. The van der Waals surface area contributed by atoms with Crippen molar-refractivity contribution in [2.75, 3.05) is 25.1 Å². The summed E-state index contributed by atoms with van der Waals surface area (Å²) in [6, 6.07) is 15.3. The molecule has 0 aromatic heterocycles. The molecule has 2 aromatic rings. The zero-order valence-corrected chi connectivity index (χ0v) is 14.2. The fourth-order valence-electron chi connectivity index (χ4n) is 2.03. The zero-order valence-electron chi connectivity index (χ0n) is 14.2. The standard InChI is InChI=1S/C19H18N2O5/c1-2-24-16-8-3-4-9-17(16)25-13-19(23)26-12-18(22)21-15-7-5-6-14(10-15)11-20/h3-10H,2,12-13H2,1H3,(H,21,22). The minimum absolute atomic E-state index is 0.346. The van der Waals surface area contributed by atoms with Gasteiger partial charge in [-0.15, -0.1) is 0 Å². The molecular weight excluding hydrogens is 336 g/mol. The quantitative estimate of drug-likeness (QED) is 0.732. The van der Waals surface area contributed by atoms with Crippen LogP contribution in [-0.2, 0) is 14.3 Å². The van der Waals surface area contributed by atoms with Crippen LogP contribution < -0.4 is 14.8 Å².